The molecule has 0 aliphatic carbocycles. The number of benzene rings is 2. The number of carbonyl (C=O) groups excluding carboxylic acids is 1. The first-order chi connectivity index (χ1) is 11.7. The largest absolute Gasteiger partial charge is 0.300 e. The van der Waals surface area contributed by atoms with Gasteiger partial charge in [0.15, 0.2) is 5.84 Å². The van der Waals surface area contributed by atoms with Gasteiger partial charge in [-0.2, -0.15) is 0 Å². The van der Waals surface area contributed by atoms with Gasteiger partial charge in [-0.3, -0.25) is 15.6 Å². The summed E-state index contributed by atoms with van der Waals surface area (Å²) >= 11 is 17.8. The topological polar surface area (TPSA) is 53.5 Å². The van der Waals surface area contributed by atoms with Crippen LogP contribution in [0, 0.1) is 5.41 Å². The van der Waals surface area contributed by atoms with Gasteiger partial charge in [-0.25, -0.2) is 4.99 Å². The van der Waals surface area contributed by atoms with Crippen LogP contribution in [0.1, 0.15) is 20.8 Å². The van der Waals surface area contributed by atoms with Crippen LogP contribution in [0.5, 0.6) is 0 Å². The molecule has 0 atom stereocenters. The first kappa shape index (κ1) is 19.6. The molecule has 0 unspecified atom stereocenters. The Morgan fingerprint density at radius 2 is 1.60 bits per heavy atom. The molecule has 0 saturated heterocycles. The van der Waals surface area contributed by atoms with E-state index < -0.39 is 5.41 Å². The van der Waals surface area contributed by atoms with Crippen molar-refractivity contribution >= 4 is 57.8 Å². The lowest BCUT2D eigenvalue weighted by molar-refractivity contribution is -0.119. The average Bonchev–Trinajstić information content (AvgIpc) is 2.54. The maximum Gasteiger partial charge on any atom is 0.204 e. The molecule has 0 aliphatic heterocycles. The summed E-state index contributed by atoms with van der Waals surface area (Å²) in [6.07, 6.45) is 0. The lowest BCUT2D eigenvalue weighted by atomic mass is 9.90. The molecule has 0 amide bonds. The van der Waals surface area contributed by atoms with Gasteiger partial charge in [0.25, 0.3) is 0 Å². The number of Topliss-reactive ketones (excluding diaryl/α,β-unsaturated/α-hetero) is 1. The van der Waals surface area contributed by atoms with Crippen LogP contribution in [0.2, 0.25) is 15.1 Å². The number of aliphatic imine (C=N–C) groups is 1. The minimum atomic E-state index is -0.607. The molecule has 0 saturated carbocycles. The highest BCUT2D eigenvalue weighted by atomic mass is 35.5. The summed E-state index contributed by atoms with van der Waals surface area (Å²) in [5.41, 5.74) is 6.48. The minimum Gasteiger partial charge on any atom is -0.300 e. The Morgan fingerprint density at radius 1 is 0.960 bits per heavy atom. The van der Waals surface area contributed by atoms with Crippen LogP contribution in [0.4, 0.5) is 11.4 Å². The van der Waals surface area contributed by atoms with E-state index in [0.717, 1.165) is 5.69 Å². The zero-order chi connectivity index (χ0) is 18.6. The number of nitrogens with one attached hydrogen (secondary N) is 2. The second-order valence-electron chi connectivity index (χ2n) is 6.39. The quantitative estimate of drug-likeness (QED) is 0.382. The van der Waals surface area contributed by atoms with Crippen LogP contribution < -0.4 is 10.9 Å². The Bertz CT molecular complexity index is 796. The Labute approximate surface area is 162 Å². The van der Waals surface area contributed by atoms with E-state index in [1.807, 2.05) is 20.8 Å². The van der Waals surface area contributed by atoms with Crippen molar-refractivity contribution in [1.82, 2.24) is 5.43 Å². The molecule has 0 bridgehead atoms. The maximum atomic E-state index is 12.7. The highest BCUT2D eigenvalue weighted by molar-refractivity contribution is 6.42. The minimum absolute atomic E-state index is 0.153. The van der Waals surface area contributed by atoms with Crippen LogP contribution in [-0.2, 0) is 4.79 Å². The molecule has 2 rings (SSSR count). The number of carbonyl (C=O) groups is 1. The summed E-state index contributed by atoms with van der Waals surface area (Å²) in [6.45, 7) is 5.47. The predicted molar refractivity (Wildman–Crippen MR) is 106 cm³/mol. The predicted octanol–water partition coefficient (Wildman–Crippen LogP) is 5.91. The molecule has 0 spiro atoms. The summed E-state index contributed by atoms with van der Waals surface area (Å²) in [5, 5.41) is 1.42. The normalized spacial score (nSPS) is 12.0. The summed E-state index contributed by atoms with van der Waals surface area (Å²) in [5.74, 6) is 0.0147. The van der Waals surface area contributed by atoms with Crippen LogP contribution in [0.25, 0.3) is 0 Å². The number of hydrazine groups is 1. The van der Waals surface area contributed by atoms with Crippen molar-refractivity contribution < 1.29 is 4.79 Å². The van der Waals surface area contributed by atoms with Crippen LogP contribution >= 0.6 is 34.8 Å². The lowest BCUT2D eigenvalue weighted by Gasteiger charge is -2.20. The number of ketones is 1. The van der Waals surface area contributed by atoms with Crippen molar-refractivity contribution in [3.63, 3.8) is 0 Å². The van der Waals surface area contributed by atoms with Crippen molar-refractivity contribution in [2.24, 2.45) is 10.4 Å². The van der Waals surface area contributed by atoms with Gasteiger partial charge in [-0.1, -0.05) is 55.6 Å². The van der Waals surface area contributed by atoms with Crippen molar-refractivity contribution in [3.05, 3.63) is 57.5 Å². The molecule has 0 radical (unpaired) electrons. The number of rotatable bonds is 4. The zero-order valence-electron chi connectivity index (χ0n) is 14.0. The Kier molecular flexibility index (Phi) is 6.33. The number of nitrogens with zero attached hydrogens (tertiary/aromatic N) is 1. The molecule has 4 nitrogen and oxygen atoms in total. The van der Waals surface area contributed by atoms with Crippen molar-refractivity contribution in [2.75, 3.05) is 5.43 Å². The third kappa shape index (κ3) is 5.63. The summed E-state index contributed by atoms with van der Waals surface area (Å²) in [4.78, 5) is 17.1. The third-order valence-corrected chi connectivity index (χ3v) is 4.20. The summed E-state index contributed by atoms with van der Waals surface area (Å²) < 4.78 is 0. The maximum absolute atomic E-state index is 12.7. The SMILES string of the molecule is CC(C)(C)C(=O)C(=Nc1ccc(Cl)c(Cl)c1)NNc1ccc(Cl)cc1. The standard InChI is InChI=1S/C18H18Cl3N3O/c1-18(2,3)16(25)17(22-13-8-9-14(20)15(21)10-13)24-23-12-6-4-11(19)5-7-12/h4-10,23H,1-3H3,(H,22,24). The van der Waals surface area contributed by atoms with E-state index in [4.69, 9.17) is 34.8 Å². The van der Waals surface area contributed by atoms with Gasteiger partial charge in [0.05, 0.1) is 21.4 Å². The van der Waals surface area contributed by atoms with E-state index in [2.05, 4.69) is 15.8 Å². The summed E-state index contributed by atoms with van der Waals surface area (Å²) in [6, 6.07) is 12.0. The van der Waals surface area contributed by atoms with Crippen LogP contribution in [0.3, 0.4) is 0 Å². The van der Waals surface area contributed by atoms with E-state index in [-0.39, 0.29) is 11.6 Å². The Morgan fingerprint density at radius 3 is 2.16 bits per heavy atom. The van der Waals surface area contributed by atoms with Crippen molar-refractivity contribution in [2.45, 2.75) is 20.8 Å². The number of amidine groups is 1. The number of hydrogen-bond donors (Lipinski definition) is 2. The first-order valence-electron chi connectivity index (χ1n) is 7.53. The van der Waals surface area contributed by atoms with Crippen LogP contribution in [0.15, 0.2) is 47.5 Å². The van der Waals surface area contributed by atoms with Crippen LogP contribution in [-0.4, -0.2) is 11.6 Å². The van der Waals surface area contributed by atoms with Gasteiger partial charge in [0.1, 0.15) is 0 Å². The third-order valence-electron chi connectivity index (χ3n) is 3.21. The highest BCUT2D eigenvalue weighted by Crippen LogP contribution is 2.27. The first-order valence-corrected chi connectivity index (χ1v) is 8.66. The monoisotopic (exact) mass is 397 g/mol. The molecule has 132 valence electrons. The van der Waals surface area contributed by atoms with Gasteiger partial charge in [-0.05, 0) is 42.5 Å². The van der Waals surface area contributed by atoms with Crippen molar-refractivity contribution in [1.29, 1.82) is 0 Å². The molecule has 2 aromatic carbocycles. The Balaban J connectivity index is 2.29. The van der Waals surface area contributed by atoms with Gasteiger partial charge in [0, 0.05) is 10.4 Å². The summed E-state index contributed by atoms with van der Waals surface area (Å²) in [7, 11) is 0. The van der Waals surface area contributed by atoms with E-state index in [9.17, 15) is 4.79 Å². The van der Waals surface area contributed by atoms with Gasteiger partial charge in [-0.15, -0.1) is 0 Å². The molecule has 2 N–H and O–H groups in total. The van der Waals surface area contributed by atoms with E-state index in [0.29, 0.717) is 20.8 Å². The van der Waals surface area contributed by atoms with Crippen molar-refractivity contribution in [3.8, 4) is 0 Å². The molecule has 25 heavy (non-hydrogen) atoms. The molecule has 0 aromatic heterocycles. The highest BCUT2D eigenvalue weighted by Gasteiger charge is 2.26. The van der Waals surface area contributed by atoms with E-state index in [1.54, 1.807) is 42.5 Å². The van der Waals surface area contributed by atoms with E-state index >= 15 is 0 Å². The number of hydrogen-bond acceptors (Lipinski definition) is 3. The van der Waals surface area contributed by atoms with E-state index in [1.165, 1.54) is 0 Å². The molecular weight excluding hydrogens is 381 g/mol. The average molecular weight is 399 g/mol. The fourth-order valence-corrected chi connectivity index (χ4v) is 2.26. The smallest absolute Gasteiger partial charge is 0.204 e. The zero-order valence-corrected chi connectivity index (χ0v) is 16.3. The molecular formula is C18H18Cl3N3O. The molecule has 0 heterocycles. The number of anilines is 1. The molecule has 0 fully saturated rings. The Hall–Kier alpha value is -1.75. The van der Waals surface area contributed by atoms with Gasteiger partial charge in [0.2, 0.25) is 5.78 Å². The fraction of sp³-hybridized carbons (Fsp3) is 0.222. The second kappa shape index (κ2) is 8.09. The lowest BCUT2D eigenvalue weighted by Crippen LogP contribution is -2.41. The van der Waals surface area contributed by atoms with Gasteiger partial charge < -0.3 is 0 Å². The molecule has 2 aromatic rings. The van der Waals surface area contributed by atoms with Gasteiger partial charge >= 0.3 is 0 Å². The fourth-order valence-electron chi connectivity index (χ4n) is 1.84. The second-order valence-corrected chi connectivity index (χ2v) is 7.65. The number of halogens is 3. The molecule has 7 heteroatoms. The molecule has 0 aliphatic rings.